The number of rotatable bonds is 11. The third-order valence-corrected chi connectivity index (χ3v) is 7.76. The molecule has 1 N–H and O–H groups in total. The number of hydrogen-bond donors (Lipinski definition) is 1. The summed E-state index contributed by atoms with van der Waals surface area (Å²) in [6.07, 6.45) is 5.00. The van der Waals surface area contributed by atoms with Crippen LogP contribution in [0.3, 0.4) is 0 Å². The number of aryl methyl sites for hydroxylation is 1. The molecule has 2 amide bonds. The van der Waals surface area contributed by atoms with E-state index in [1.54, 1.807) is 19.1 Å². The Labute approximate surface area is 219 Å². The Morgan fingerprint density at radius 1 is 1.08 bits per heavy atom. The zero-order valence-electron chi connectivity index (χ0n) is 22.2. The molecule has 2 aromatic rings. The van der Waals surface area contributed by atoms with Crippen molar-refractivity contribution in [3.05, 3.63) is 53.6 Å². The predicted molar refractivity (Wildman–Crippen MR) is 143 cm³/mol. The third kappa shape index (κ3) is 7.38. The Bertz CT molecular complexity index is 1210. The van der Waals surface area contributed by atoms with Crippen LogP contribution in [0.4, 0.5) is 5.69 Å². The molecule has 0 saturated heterocycles. The molecular weight excluding hydrogens is 494 g/mol. The van der Waals surface area contributed by atoms with Crippen LogP contribution in [0.1, 0.15) is 43.7 Å². The summed E-state index contributed by atoms with van der Waals surface area (Å²) < 4.78 is 37.4. The maximum atomic E-state index is 13.8. The second kappa shape index (κ2) is 12.3. The fourth-order valence-electron chi connectivity index (χ4n) is 4.57. The van der Waals surface area contributed by atoms with Crippen molar-refractivity contribution in [3.63, 3.8) is 0 Å². The van der Waals surface area contributed by atoms with Gasteiger partial charge in [0.2, 0.25) is 21.8 Å². The maximum Gasteiger partial charge on any atom is 0.244 e. The average Bonchev–Trinajstić information content (AvgIpc) is 3.37. The molecule has 10 heteroatoms. The molecule has 9 nitrogen and oxygen atoms in total. The minimum absolute atomic E-state index is 0.0967. The Kier molecular flexibility index (Phi) is 9.42. The smallest absolute Gasteiger partial charge is 0.244 e. The summed E-state index contributed by atoms with van der Waals surface area (Å²) in [5.41, 5.74) is 2.04. The van der Waals surface area contributed by atoms with E-state index in [0.29, 0.717) is 5.75 Å². The molecule has 1 aliphatic carbocycles. The van der Waals surface area contributed by atoms with Crippen LogP contribution >= 0.6 is 0 Å². The van der Waals surface area contributed by atoms with Crippen LogP contribution in [-0.2, 0) is 26.2 Å². The third-order valence-electron chi connectivity index (χ3n) is 6.64. The first-order valence-electron chi connectivity index (χ1n) is 12.4. The zero-order valence-corrected chi connectivity index (χ0v) is 23.0. The minimum Gasteiger partial charge on any atom is -0.497 e. The average molecular weight is 532 g/mol. The molecule has 1 aliphatic rings. The minimum atomic E-state index is -3.90. The molecule has 1 unspecified atom stereocenters. The van der Waals surface area contributed by atoms with Crippen molar-refractivity contribution in [1.82, 2.24) is 10.2 Å². The maximum absolute atomic E-state index is 13.8. The van der Waals surface area contributed by atoms with E-state index in [1.165, 1.54) is 25.2 Å². The van der Waals surface area contributed by atoms with Gasteiger partial charge >= 0.3 is 0 Å². The van der Waals surface area contributed by atoms with Crippen molar-refractivity contribution < 1.29 is 27.5 Å². The normalized spacial score (nSPS) is 14.6. The summed E-state index contributed by atoms with van der Waals surface area (Å²) in [4.78, 5) is 28.4. The summed E-state index contributed by atoms with van der Waals surface area (Å²) in [7, 11) is -1.01. The zero-order chi connectivity index (χ0) is 27.2. The first-order valence-corrected chi connectivity index (χ1v) is 14.2. The van der Waals surface area contributed by atoms with Gasteiger partial charge in [-0.25, -0.2) is 8.42 Å². The molecular formula is C27H37N3O6S. The molecule has 1 atom stereocenters. The van der Waals surface area contributed by atoms with Crippen LogP contribution in [0.2, 0.25) is 0 Å². The van der Waals surface area contributed by atoms with Crippen molar-refractivity contribution in [3.8, 4) is 11.5 Å². The highest BCUT2D eigenvalue weighted by atomic mass is 32.2. The van der Waals surface area contributed by atoms with Gasteiger partial charge in [-0.2, -0.15) is 0 Å². The first kappa shape index (κ1) is 28.3. The lowest BCUT2D eigenvalue weighted by Crippen LogP contribution is -2.52. The number of ether oxygens (including phenoxy) is 2. The molecule has 0 spiro atoms. The van der Waals surface area contributed by atoms with E-state index in [-0.39, 0.29) is 29.9 Å². The number of carbonyl (C=O) groups is 2. The molecule has 0 radical (unpaired) electrons. The van der Waals surface area contributed by atoms with Crippen LogP contribution in [0, 0.1) is 6.92 Å². The summed E-state index contributed by atoms with van der Waals surface area (Å²) in [5, 5.41) is 3.06. The molecule has 0 aliphatic heterocycles. The molecule has 2 aromatic carbocycles. The van der Waals surface area contributed by atoms with Crippen LogP contribution in [0.25, 0.3) is 0 Å². The van der Waals surface area contributed by atoms with E-state index in [2.05, 4.69) is 5.32 Å². The topological polar surface area (TPSA) is 105 Å². The Morgan fingerprint density at radius 2 is 1.78 bits per heavy atom. The van der Waals surface area contributed by atoms with E-state index in [9.17, 15) is 18.0 Å². The second-order valence-corrected chi connectivity index (χ2v) is 11.4. The number of hydrogen-bond acceptors (Lipinski definition) is 6. The van der Waals surface area contributed by atoms with E-state index in [1.807, 2.05) is 31.2 Å². The standard InChI is InChI=1S/C27H37N3O6S/c1-19-9-8-10-21(15-19)17-29(20(2)27(32)28-22-11-6-7-12-22)26(31)18-30(37(5,33)34)24-16-23(35-3)13-14-25(24)36-4/h8-10,13-16,20,22H,6-7,11-12,17-18H2,1-5H3,(H,28,32). The van der Waals surface area contributed by atoms with Crippen molar-refractivity contribution in [2.75, 3.05) is 31.3 Å². The number of anilines is 1. The van der Waals surface area contributed by atoms with Gasteiger partial charge in [-0.1, -0.05) is 42.7 Å². The number of nitrogens with zero attached hydrogens (tertiary/aromatic N) is 2. The van der Waals surface area contributed by atoms with Crippen molar-refractivity contribution in [1.29, 1.82) is 0 Å². The van der Waals surface area contributed by atoms with E-state index < -0.39 is 28.5 Å². The lowest BCUT2D eigenvalue weighted by molar-refractivity contribution is -0.139. The number of carbonyl (C=O) groups excluding carboxylic acids is 2. The quantitative estimate of drug-likeness (QED) is 0.477. The fourth-order valence-corrected chi connectivity index (χ4v) is 5.41. The molecule has 0 aromatic heterocycles. The van der Waals surface area contributed by atoms with Crippen molar-refractivity contribution in [2.45, 2.75) is 58.2 Å². The van der Waals surface area contributed by atoms with Crippen LogP contribution < -0.4 is 19.1 Å². The molecule has 202 valence electrons. The fraction of sp³-hybridized carbons (Fsp3) is 0.481. The number of methoxy groups -OCH3 is 2. The van der Waals surface area contributed by atoms with Crippen LogP contribution in [-0.4, -0.2) is 64.2 Å². The molecule has 0 heterocycles. The highest BCUT2D eigenvalue weighted by molar-refractivity contribution is 7.92. The lowest BCUT2D eigenvalue weighted by atomic mass is 10.1. The van der Waals surface area contributed by atoms with Gasteiger partial charge in [0, 0.05) is 18.7 Å². The number of nitrogens with one attached hydrogen (secondary N) is 1. The summed E-state index contributed by atoms with van der Waals surface area (Å²) >= 11 is 0. The highest BCUT2D eigenvalue weighted by Crippen LogP contribution is 2.34. The van der Waals surface area contributed by atoms with Gasteiger partial charge in [0.15, 0.2) is 0 Å². The van der Waals surface area contributed by atoms with E-state index in [0.717, 1.165) is 47.4 Å². The Morgan fingerprint density at radius 3 is 2.38 bits per heavy atom. The SMILES string of the molecule is COc1ccc(OC)c(N(CC(=O)N(Cc2cccc(C)c2)C(C)C(=O)NC2CCCC2)S(C)(=O)=O)c1. The predicted octanol–water partition coefficient (Wildman–Crippen LogP) is 3.25. The Hall–Kier alpha value is -3.27. The van der Waals surface area contributed by atoms with Gasteiger partial charge in [-0.3, -0.25) is 13.9 Å². The van der Waals surface area contributed by atoms with Crippen LogP contribution in [0.5, 0.6) is 11.5 Å². The van der Waals surface area contributed by atoms with E-state index in [4.69, 9.17) is 9.47 Å². The van der Waals surface area contributed by atoms with Gasteiger partial charge in [-0.15, -0.1) is 0 Å². The van der Waals surface area contributed by atoms with Gasteiger partial charge in [0.25, 0.3) is 0 Å². The number of benzene rings is 2. The van der Waals surface area contributed by atoms with Crippen LogP contribution in [0.15, 0.2) is 42.5 Å². The lowest BCUT2D eigenvalue weighted by Gasteiger charge is -2.32. The summed E-state index contributed by atoms with van der Waals surface area (Å²) in [6, 6.07) is 11.7. The molecule has 3 rings (SSSR count). The first-order chi connectivity index (χ1) is 17.5. The molecule has 1 saturated carbocycles. The molecule has 0 bridgehead atoms. The number of amides is 2. The van der Waals surface area contributed by atoms with Crippen molar-refractivity contribution in [2.24, 2.45) is 0 Å². The van der Waals surface area contributed by atoms with E-state index >= 15 is 0 Å². The highest BCUT2D eigenvalue weighted by Gasteiger charge is 2.32. The van der Waals surface area contributed by atoms with Gasteiger partial charge in [0.1, 0.15) is 24.1 Å². The summed E-state index contributed by atoms with van der Waals surface area (Å²) in [5.74, 6) is -0.0715. The molecule has 37 heavy (non-hydrogen) atoms. The largest absolute Gasteiger partial charge is 0.497 e. The second-order valence-electron chi connectivity index (χ2n) is 9.48. The van der Waals surface area contributed by atoms with Gasteiger partial charge < -0.3 is 19.7 Å². The summed E-state index contributed by atoms with van der Waals surface area (Å²) in [6.45, 7) is 3.28. The number of sulfonamides is 1. The van der Waals surface area contributed by atoms with Crippen molar-refractivity contribution >= 4 is 27.5 Å². The molecule has 1 fully saturated rings. The van der Waals surface area contributed by atoms with Gasteiger partial charge in [-0.05, 0) is 44.4 Å². The Balaban J connectivity index is 1.94. The van der Waals surface area contributed by atoms with Gasteiger partial charge in [0.05, 0.1) is 26.2 Å². The monoisotopic (exact) mass is 531 g/mol.